The van der Waals surface area contributed by atoms with Crippen LogP contribution in [0, 0.1) is 15.9 Å². The van der Waals surface area contributed by atoms with Crippen LogP contribution in [0.25, 0.3) is 0 Å². The highest BCUT2D eigenvalue weighted by Crippen LogP contribution is 2.32. The van der Waals surface area contributed by atoms with Crippen molar-refractivity contribution < 1.29 is 28.3 Å². The second kappa shape index (κ2) is 5.83. The largest absolute Gasteiger partial charge is 0.481 e. The van der Waals surface area contributed by atoms with Crippen LogP contribution in [-0.4, -0.2) is 37.3 Å². The molecular weight excluding hydrogens is 273 g/mol. The molecule has 0 aliphatic carbocycles. The fourth-order valence-corrected chi connectivity index (χ4v) is 1.83. The van der Waals surface area contributed by atoms with Gasteiger partial charge in [-0.05, 0) is 0 Å². The minimum absolute atomic E-state index is 0.174. The molecule has 108 valence electrons. The quantitative estimate of drug-likeness (QED) is 0.475. The summed E-state index contributed by atoms with van der Waals surface area (Å²) in [5.74, 6) is -2.13. The summed E-state index contributed by atoms with van der Waals surface area (Å²) >= 11 is 0. The number of halogens is 1. The molecule has 0 aromatic heterocycles. The van der Waals surface area contributed by atoms with Crippen LogP contribution in [0.15, 0.2) is 12.1 Å². The van der Waals surface area contributed by atoms with Gasteiger partial charge in [0.1, 0.15) is 11.9 Å². The molecule has 7 nitrogen and oxygen atoms in total. The number of ether oxygens (including phenoxy) is 3. The molecule has 0 bridgehead atoms. The first kappa shape index (κ1) is 14.2. The second-order valence-corrected chi connectivity index (χ2v) is 4.15. The maximum atomic E-state index is 13.7. The number of nitro benzene ring substituents is 1. The molecule has 8 heteroatoms. The van der Waals surface area contributed by atoms with E-state index in [2.05, 4.69) is 4.74 Å². The Kier molecular flexibility index (Phi) is 4.14. The van der Waals surface area contributed by atoms with Crippen LogP contribution in [-0.2, 0) is 9.47 Å². The lowest BCUT2D eigenvalue weighted by Gasteiger charge is -2.13. The molecule has 1 aromatic rings. The lowest BCUT2D eigenvalue weighted by atomic mass is 10.1. The Labute approximate surface area is 113 Å². The minimum Gasteiger partial charge on any atom is -0.481 e. The number of carbonyl (C=O) groups is 1. The summed E-state index contributed by atoms with van der Waals surface area (Å²) in [5, 5.41) is 10.9. The van der Waals surface area contributed by atoms with Crippen LogP contribution in [0.4, 0.5) is 10.1 Å². The van der Waals surface area contributed by atoms with Crippen molar-refractivity contribution in [1.82, 2.24) is 0 Å². The van der Waals surface area contributed by atoms with Crippen LogP contribution < -0.4 is 4.74 Å². The van der Waals surface area contributed by atoms with E-state index in [-0.39, 0.29) is 11.9 Å². The van der Waals surface area contributed by atoms with E-state index in [4.69, 9.17) is 9.47 Å². The average Bonchev–Trinajstić information content (AvgIpc) is 2.92. The van der Waals surface area contributed by atoms with Gasteiger partial charge in [-0.3, -0.25) is 10.1 Å². The third-order valence-corrected chi connectivity index (χ3v) is 2.83. The molecule has 0 amide bonds. The van der Waals surface area contributed by atoms with Crippen molar-refractivity contribution >= 4 is 11.7 Å². The molecule has 1 fully saturated rings. The van der Waals surface area contributed by atoms with E-state index in [0.29, 0.717) is 25.7 Å². The molecule has 0 N–H and O–H groups in total. The second-order valence-electron chi connectivity index (χ2n) is 4.15. The Morgan fingerprint density at radius 3 is 2.85 bits per heavy atom. The van der Waals surface area contributed by atoms with Crippen LogP contribution >= 0.6 is 0 Å². The molecule has 1 aliphatic rings. The van der Waals surface area contributed by atoms with Gasteiger partial charge in [0.25, 0.3) is 0 Å². The Morgan fingerprint density at radius 2 is 2.30 bits per heavy atom. The minimum atomic E-state index is -1.03. The summed E-state index contributed by atoms with van der Waals surface area (Å²) in [6.45, 7) is 0.783. The number of nitrogens with zero attached hydrogens (tertiary/aromatic N) is 1. The maximum Gasteiger partial charge on any atom is 0.340 e. The summed E-state index contributed by atoms with van der Waals surface area (Å²) in [6.07, 6.45) is 0.215. The zero-order valence-corrected chi connectivity index (χ0v) is 10.6. The van der Waals surface area contributed by atoms with Crippen molar-refractivity contribution in [2.75, 3.05) is 20.3 Å². The number of carbonyl (C=O) groups excluding carboxylic acids is 1. The fourth-order valence-electron chi connectivity index (χ4n) is 1.83. The smallest absolute Gasteiger partial charge is 0.340 e. The number of benzene rings is 1. The van der Waals surface area contributed by atoms with Crippen LogP contribution in [0.1, 0.15) is 16.8 Å². The molecular formula is C12H12FNO6. The fraction of sp³-hybridized carbons (Fsp3) is 0.417. The zero-order valence-electron chi connectivity index (χ0n) is 10.6. The van der Waals surface area contributed by atoms with Gasteiger partial charge in [-0.15, -0.1) is 0 Å². The van der Waals surface area contributed by atoms with Gasteiger partial charge in [0.2, 0.25) is 0 Å². The highest BCUT2D eigenvalue weighted by Gasteiger charge is 2.27. The first-order valence-corrected chi connectivity index (χ1v) is 5.83. The summed E-state index contributed by atoms with van der Waals surface area (Å²) in [5.41, 5.74) is -0.950. The first-order chi connectivity index (χ1) is 9.52. The summed E-state index contributed by atoms with van der Waals surface area (Å²) in [6, 6.07) is 1.63. The highest BCUT2D eigenvalue weighted by atomic mass is 19.1. The van der Waals surface area contributed by atoms with E-state index >= 15 is 0 Å². The lowest BCUT2D eigenvalue weighted by Crippen LogP contribution is -2.17. The van der Waals surface area contributed by atoms with Crippen molar-refractivity contribution in [3.63, 3.8) is 0 Å². The van der Waals surface area contributed by atoms with Gasteiger partial charge < -0.3 is 14.2 Å². The van der Waals surface area contributed by atoms with E-state index in [0.717, 1.165) is 13.2 Å². The van der Waals surface area contributed by atoms with Gasteiger partial charge in [-0.2, -0.15) is 0 Å². The summed E-state index contributed by atoms with van der Waals surface area (Å²) < 4.78 is 28.6. The Morgan fingerprint density at radius 1 is 1.55 bits per heavy atom. The molecule has 0 saturated carbocycles. The Balaban J connectivity index is 2.39. The van der Waals surface area contributed by atoms with Crippen LogP contribution in [0.2, 0.25) is 0 Å². The zero-order chi connectivity index (χ0) is 14.7. The van der Waals surface area contributed by atoms with Crippen molar-refractivity contribution in [2.45, 2.75) is 12.5 Å². The molecule has 0 radical (unpaired) electrons. The van der Waals surface area contributed by atoms with Crippen LogP contribution in [0.5, 0.6) is 5.75 Å². The number of esters is 1. The molecule has 20 heavy (non-hydrogen) atoms. The number of hydrogen-bond donors (Lipinski definition) is 0. The van der Waals surface area contributed by atoms with Gasteiger partial charge in [-0.1, -0.05) is 0 Å². The molecule has 1 atom stereocenters. The summed E-state index contributed by atoms with van der Waals surface area (Å²) in [7, 11) is 1.09. The van der Waals surface area contributed by atoms with Crippen molar-refractivity contribution in [1.29, 1.82) is 0 Å². The molecule has 1 unspecified atom stereocenters. The standard InChI is InChI=1S/C12H12FNO6/c1-18-12(15)8-4-11(20-7-2-3-19-6-7)10(14(16)17)5-9(8)13/h4-5,7H,2-3,6H2,1H3. The predicted molar refractivity (Wildman–Crippen MR) is 64.2 cm³/mol. The van der Waals surface area contributed by atoms with Gasteiger partial charge >= 0.3 is 11.7 Å². The molecule has 2 rings (SSSR count). The average molecular weight is 285 g/mol. The van der Waals surface area contributed by atoms with E-state index in [1.165, 1.54) is 0 Å². The number of methoxy groups -OCH3 is 1. The number of nitro groups is 1. The monoisotopic (exact) mass is 285 g/mol. The van der Waals surface area contributed by atoms with Crippen molar-refractivity contribution in [3.05, 3.63) is 33.6 Å². The molecule has 1 saturated heterocycles. The van der Waals surface area contributed by atoms with Gasteiger partial charge in [0.15, 0.2) is 5.75 Å². The van der Waals surface area contributed by atoms with Crippen molar-refractivity contribution in [3.8, 4) is 5.75 Å². The maximum absolute atomic E-state index is 13.7. The normalized spacial score (nSPS) is 17.8. The summed E-state index contributed by atoms with van der Waals surface area (Å²) in [4.78, 5) is 21.5. The third-order valence-electron chi connectivity index (χ3n) is 2.83. The third kappa shape index (κ3) is 2.85. The number of hydrogen-bond acceptors (Lipinski definition) is 6. The predicted octanol–water partition coefficient (Wildman–Crippen LogP) is 1.69. The van der Waals surface area contributed by atoms with Crippen LogP contribution in [0.3, 0.4) is 0 Å². The van der Waals surface area contributed by atoms with E-state index < -0.39 is 28.0 Å². The van der Waals surface area contributed by atoms with E-state index in [9.17, 15) is 19.3 Å². The number of rotatable bonds is 4. The lowest BCUT2D eigenvalue weighted by molar-refractivity contribution is -0.386. The molecule has 1 aliphatic heterocycles. The Bertz CT molecular complexity index is 541. The van der Waals surface area contributed by atoms with Crippen molar-refractivity contribution in [2.24, 2.45) is 0 Å². The van der Waals surface area contributed by atoms with Gasteiger partial charge in [-0.25, -0.2) is 9.18 Å². The SMILES string of the molecule is COC(=O)c1cc(OC2CCOC2)c([N+](=O)[O-])cc1F. The molecule has 1 aromatic carbocycles. The van der Waals surface area contributed by atoms with E-state index in [1.807, 2.05) is 0 Å². The van der Waals surface area contributed by atoms with Gasteiger partial charge in [0.05, 0.1) is 36.9 Å². The highest BCUT2D eigenvalue weighted by molar-refractivity contribution is 5.90. The topological polar surface area (TPSA) is 87.9 Å². The Hall–Kier alpha value is -2.22. The van der Waals surface area contributed by atoms with Gasteiger partial charge in [0, 0.05) is 12.5 Å². The van der Waals surface area contributed by atoms with E-state index in [1.54, 1.807) is 0 Å². The molecule has 1 heterocycles. The molecule has 0 spiro atoms. The first-order valence-electron chi connectivity index (χ1n) is 5.83.